The Bertz CT molecular complexity index is 689. The molecule has 0 radical (unpaired) electrons. The lowest BCUT2D eigenvalue weighted by atomic mass is 10.0. The monoisotopic (exact) mass is 368 g/mol. The summed E-state index contributed by atoms with van der Waals surface area (Å²) < 4.78 is 0.685. The van der Waals surface area contributed by atoms with Crippen LogP contribution in [-0.2, 0) is 6.42 Å². The van der Waals surface area contributed by atoms with Gasteiger partial charge in [-0.15, -0.1) is 0 Å². The number of nitrogens with zero attached hydrogens (tertiary/aromatic N) is 1. The van der Waals surface area contributed by atoms with Gasteiger partial charge < -0.3 is 4.98 Å². The lowest BCUT2D eigenvalue weighted by Crippen LogP contribution is -2.16. The summed E-state index contributed by atoms with van der Waals surface area (Å²) in [6.07, 6.45) is 0.763. The van der Waals surface area contributed by atoms with Crippen molar-refractivity contribution in [2.45, 2.75) is 34.1 Å². The first-order valence-electron chi connectivity index (χ1n) is 6.31. The third kappa shape index (κ3) is 2.73. The molecule has 0 aliphatic heterocycles. The number of hydrogen-bond acceptors (Lipinski definition) is 2. The number of aromatic amines is 1. The van der Waals surface area contributed by atoms with E-state index in [2.05, 4.69) is 58.5 Å². The van der Waals surface area contributed by atoms with Crippen LogP contribution in [0.4, 0.5) is 0 Å². The van der Waals surface area contributed by atoms with Gasteiger partial charge in [0.25, 0.3) is 5.56 Å². The maximum absolute atomic E-state index is 12.0. The number of halogens is 1. The standard InChI is InChI=1S/C15H17IN2O/c1-5-12-13(16)15(19)18-14(17-12)11-7-9(3)8(2)6-10(11)4/h6-7H,5H2,1-4H3,(H,17,18,19). The van der Waals surface area contributed by atoms with Gasteiger partial charge in [0, 0.05) is 5.56 Å². The Morgan fingerprint density at radius 3 is 2.42 bits per heavy atom. The number of aryl methyl sites for hydroxylation is 4. The van der Waals surface area contributed by atoms with E-state index in [-0.39, 0.29) is 5.56 Å². The predicted octanol–water partition coefficient (Wildman–Crippen LogP) is 3.53. The number of aromatic nitrogens is 2. The van der Waals surface area contributed by atoms with Gasteiger partial charge in [0.1, 0.15) is 5.82 Å². The highest BCUT2D eigenvalue weighted by atomic mass is 127. The summed E-state index contributed by atoms with van der Waals surface area (Å²) in [6, 6.07) is 4.23. The van der Waals surface area contributed by atoms with Crippen LogP contribution in [0.25, 0.3) is 11.4 Å². The van der Waals surface area contributed by atoms with Crippen LogP contribution in [0.15, 0.2) is 16.9 Å². The third-order valence-electron chi connectivity index (χ3n) is 3.36. The molecule has 0 bridgehead atoms. The normalized spacial score (nSPS) is 10.8. The van der Waals surface area contributed by atoms with Crippen molar-refractivity contribution in [2.24, 2.45) is 0 Å². The quantitative estimate of drug-likeness (QED) is 0.825. The average molecular weight is 368 g/mol. The first kappa shape index (κ1) is 14.2. The minimum atomic E-state index is -0.0555. The third-order valence-corrected chi connectivity index (χ3v) is 4.47. The first-order chi connectivity index (χ1) is 8.93. The van der Waals surface area contributed by atoms with Crippen LogP contribution in [0.1, 0.15) is 29.3 Å². The fourth-order valence-electron chi connectivity index (χ4n) is 2.08. The van der Waals surface area contributed by atoms with Crippen LogP contribution in [0.3, 0.4) is 0 Å². The molecule has 0 saturated carbocycles. The highest BCUT2D eigenvalue weighted by Crippen LogP contribution is 2.23. The molecule has 1 aromatic heterocycles. The molecule has 1 N–H and O–H groups in total. The van der Waals surface area contributed by atoms with Crippen LogP contribution in [0, 0.1) is 24.3 Å². The van der Waals surface area contributed by atoms with Crippen molar-refractivity contribution in [2.75, 3.05) is 0 Å². The fraction of sp³-hybridized carbons (Fsp3) is 0.333. The topological polar surface area (TPSA) is 45.8 Å². The zero-order valence-electron chi connectivity index (χ0n) is 11.6. The van der Waals surface area contributed by atoms with Crippen LogP contribution in [-0.4, -0.2) is 9.97 Å². The van der Waals surface area contributed by atoms with E-state index in [1.165, 1.54) is 11.1 Å². The van der Waals surface area contributed by atoms with Crippen molar-refractivity contribution in [1.29, 1.82) is 0 Å². The smallest absolute Gasteiger partial charge is 0.264 e. The summed E-state index contributed by atoms with van der Waals surface area (Å²) in [5, 5.41) is 0. The highest BCUT2D eigenvalue weighted by molar-refractivity contribution is 14.1. The second kappa shape index (κ2) is 5.45. The molecule has 0 atom stereocenters. The summed E-state index contributed by atoms with van der Waals surface area (Å²) in [5.41, 5.74) is 5.41. The number of rotatable bonds is 2. The van der Waals surface area contributed by atoms with E-state index in [1.54, 1.807) is 0 Å². The van der Waals surface area contributed by atoms with Gasteiger partial charge in [-0.1, -0.05) is 13.0 Å². The Morgan fingerprint density at radius 2 is 1.79 bits per heavy atom. The van der Waals surface area contributed by atoms with E-state index in [1.807, 2.05) is 13.8 Å². The van der Waals surface area contributed by atoms with Gasteiger partial charge in [-0.3, -0.25) is 4.79 Å². The van der Waals surface area contributed by atoms with Crippen molar-refractivity contribution >= 4 is 22.6 Å². The lowest BCUT2D eigenvalue weighted by Gasteiger charge is -2.10. The molecule has 4 heteroatoms. The molecule has 0 amide bonds. The van der Waals surface area contributed by atoms with Gasteiger partial charge in [-0.2, -0.15) is 0 Å². The molecule has 1 heterocycles. The lowest BCUT2D eigenvalue weighted by molar-refractivity contribution is 0.966. The minimum absolute atomic E-state index is 0.0555. The zero-order valence-corrected chi connectivity index (χ0v) is 13.8. The van der Waals surface area contributed by atoms with E-state index in [4.69, 9.17) is 0 Å². The van der Waals surface area contributed by atoms with Crippen molar-refractivity contribution in [3.63, 3.8) is 0 Å². The molecule has 100 valence electrons. The molecule has 2 rings (SSSR count). The molecule has 0 unspecified atom stereocenters. The Balaban J connectivity index is 2.69. The van der Waals surface area contributed by atoms with E-state index in [0.717, 1.165) is 23.2 Å². The van der Waals surface area contributed by atoms with Gasteiger partial charge in [-0.25, -0.2) is 4.98 Å². The maximum atomic E-state index is 12.0. The van der Waals surface area contributed by atoms with E-state index in [0.29, 0.717) is 9.39 Å². The second-order valence-electron chi connectivity index (χ2n) is 4.78. The van der Waals surface area contributed by atoms with Crippen LogP contribution >= 0.6 is 22.6 Å². The SMILES string of the molecule is CCc1nc(-c2cc(C)c(C)cc2C)[nH]c(=O)c1I. The van der Waals surface area contributed by atoms with Gasteiger partial charge in [0.05, 0.1) is 9.26 Å². The number of H-pyrrole nitrogens is 1. The van der Waals surface area contributed by atoms with Crippen LogP contribution < -0.4 is 5.56 Å². The molecule has 0 aliphatic rings. The van der Waals surface area contributed by atoms with Gasteiger partial charge in [-0.05, 0) is 72.5 Å². The highest BCUT2D eigenvalue weighted by Gasteiger charge is 2.11. The van der Waals surface area contributed by atoms with Crippen LogP contribution in [0.5, 0.6) is 0 Å². The summed E-state index contributed by atoms with van der Waals surface area (Å²) in [5.74, 6) is 0.669. The van der Waals surface area contributed by atoms with E-state index >= 15 is 0 Å². The van der Waals surface area contributed by atoms with E-state index in [9.17, 15) is 4.79 Å². The molecule has 0 aliphatic carbocycles. The van der Waals surface area contributed by atoms with Crippen molar-refractivity contribution in [1.82, 2.24) is 9.97 Å². The fourth-order valence-corrected chi connectivity index (χ4v) is 2.72. The Labute approximate surface area is 126 Å². The number of benzene rings is 1. The zero-order chi connectivity index (χ0) is 14.2. The summed E-state index contributed by atoms with van der Waals surface area (Å²) in [4.78, 5) is 19.4. The molecular formula is C15H17IN2O. The molecule has 0 saturated heterocycles. The second-order valence-corrected chi connectivity index (χ2v) is 5.86. The van der Waals surface area contributed by atoms with Crippen molar-refractivity contribution in [3.05, 3.63) is 48.4 Å². The molecular weight excluding hydrogens is 351 g/mol. The number of hydrogen-bond donors (Lipinski definition) is 1. The predicted molar refractivity (Wildman–Crippen MR) is 86.6 cm³/mol. The van der Waals surface area contributed by atoms with Gasteiger partial charge in [0.15, 0.2) is 0 Å². The molecule has 2 aromatic rings. The van der Waals surface area contributed by atoms with Crippen molar-refractivity contribution < 1.29 is 0 Å². The Kier molecular flexibility index (Phi) is 4.08. The average Bonchev–Trinajstić information content (AvgIpc) is 2.37. The van der Waals surface area contributed by atoms with Crippen molar-refractivity contribution in [3.8, 4) is 11.4 Å². The van der Waals surface area contributed by atoms with E-state index < -0.39 is 0 Å². The Hall–Kier alpha value is -1.17. The molecule has 19 heavy (non-hydrogen) atoms. The summed E-state index contributed by atoms with van der Waals surface area (Å²) >= 11 is 2.06. The van der Waals surface area contributed by atoms with Gasteiger partial charge >= 0.3 is 0 Å². The number of nitrogens with one attached hydrogen (secondary N) is 1. The minimum Gasteiger partial charge on any atom is -0.306 e. The molecule has 3 nitrogen and oxygen atoms in total. The summed E-state index contributed by atoms with van der Waals surface area (Å²) in [7, 11) is 0. The molecule has 0 spiro atoms. The maximum Gasteiger partial charge on any atom is 0.264 e. The van der Waals surface area contributed by atoms with Crippen LogP contribution in [0.2, 0.25) is 0 Å². The first-order valence-corrected chi connectivity index (χ1v) is 7.38. The molecule has 0 fully saturated rings. The van der Waals surface area contributed by atoms with Gasteiger partial charge in [0.2, 0.25) is 0 Å². The Morgan fingerprint density at radius 1 is 1.16 bits per heavy atom. The largest absolute Gasteiger partial charge is 0.306 e. The molecule has 1 aromatic carbocycles. The summed E-state index contributed by atoms with van der Waals surface area (Å²) in [6.45, 7) is 8.23.